The molecule has 1 amide bonds. The molecule has 0 atom stereocenters. The molecule has 2 aromatic carbocycles. The fourth-order valence-electron chi connectivity index (χ4n) is 3.08. The monoisotopic (exact) mass is 429 g/mol. The van der Waals surface area contributed by atoms with Gasteiger partial charge >= 0.3 is 0 Å². The molecule has 1 aliphatic heterocycles. The highest BCUT2D eigenvalue weighted by atomic mass is 35.5. The molecule has 1 aliphatic rings. The fraction of sp³-hybridized carbons (Fsp3) is 0.316. The van der Waals surface area contributed by atoms with Gasteiger partial charge in [-0.25, -0.2) is 4.39 Å². The molecule has 1 fully saturated rings. The van der Waals surface area contributed by atoms with E-state index in [9.17, 15) is 9.18 Å². The summed E-state index contributed by atoms with van der Waals surface area (Å²) in [6.07, 6.45) is 0. The van der Waals surface area contributed by atoms with Gasteiger partial charge in [-0.2, -0.15) is 0 Å². The Morgan fingerprint density at radius 1 is 1.07 bits per heavy atom. The summed E-state index contributed by atoms with van der Waals surface area (Å²) in [6.45, 7) is 6.72. The first-order valence-electron chi connectivity index (χ1n) is 8.61. The number of nitrogens with zero attached hydrogens (tertiary/aromatic N) is 2. The molecule has 3 rings (SSSR count). The summed E-state index contributed by atoms with van der Waals surface area (Å²) >= 11 is 17.9. The lowest BCUT2D eigenvalue weighted by molar-refractivity contribution is 0.102. The molecule has 0 radical (unpaired) electrons. The summed E-state index contributed by atoms with van der Waals surface area (Å²) in [5, 5.41) is 3.25. The number of amides is 1. The SMILES string of the molecule is CCN1CCN(c2ccc(Cl)cc2NC(=O)c2cc(F)c(Cl)cc2Cl)CC1. The number of carbonyl (C=O) groups is 1. The summed E-state index contributed by atoms with van der Waals surface area (Å²) < 4.78 is 13.8. The zero-order valence-corrected chi connectivity index (χ0v) is 17.0. The minimum absolute atomic E-state index is 0.0142. The van der Waals surface area contributed by atoms with E-state index < -0.39 is 11.7 Å². The second kappa shape index (κ2) is 8.65. The molecule has 1 N–H and O–H groups in total. The lowest BCUT2D eigenvalue weighted by Gasteiger charge is -2.36. The second-order valence-corrected chi connectivity index (χ2v) is 7.53. The molecule has 27 heavy (non-hydrogen) atoms. The Kier molecular flexibility index (Phi) is 6.48. The number of likely N-dealkylation sites (N-methyl/N-ethyl adjacent to an activating group) is 1. The molecule has 0 bridgehead atoms. The van der Waals surface area contributed by atoms with Gasteiger partial charge in [0.2, 0.25) is 0 Å². The van der Waals surface area contributed by atoms with Crippen LogP contribution in [0.2, 0.25) is 15.1 Å². The maximum absolute atomic E-state index is 13.8. The first-order chi connectivity index (χ1) is 12.9. The van der Waals surface area contributed by atoms with Crippen LogP contribution in [0.4, 0.5) is 15.8 Å². The van der Waals surface area contributed by atoms with Crippen LogP contribution in [0, 0.1) is 5.82 Å². The minimum Gasteiger partial charge on any atom is -0.367 e. The van der Waals surface area contributed by atoms with Crippen LogP contribution in [0.5, 0.6) is 0 Å². The Balaban J connectivity index is 1.85. The van der Waals surface area contributed by atoms with Crippen LogP contribution in [-0.2, 0) is 0 Å². The normalized spacial score (nSPS) is 15.1. The minimum atomic E-state index is -0.701. The van der Waals surface area contributed by atoms with Gasteiger partial charge in [0.05, 0.1) is 27.0 Å². The summed E-state index contributed by atoms with van der Waals surface area (Å²) in [6, 6.07) is 7.60. The van der Waals surface area contributed by atoms with Crippen molar-refractivity contribution in [3.63, 3.8) is 0 Å². The van der Waals surface area contributed by atoms with Crippen LogP contribution in [0.25, 0.3) is 0 Å². The van der Waals surface area contributed by atoms with E-state index in [0.717, 1.165) is 44.5 Å². The van der Waals surface area contributed by atoms with Gasteiger partial charge in [-0.1, -0.05) is 41.7 Å². The summed E-state index contributed by atoms with van der Waals surface area (Å²) in [4.78, 5) is 17.2. The third-order valence-electron chi connectivity index (χ3n) is 4.62. The third kappa shape index (κ3) is 4.66. The van der Waals surface area contributed by atoms with Gasteiger partial charge < -0.3 is 15.1 Å². The van der Waals surface area contributed by atoms with E-state index in [2.05, 4.69) is 22.0 Å². The maximum Gasteiger partial charge on any atom is 0.257 e. The van der Waals surface area contributed by atoms with E-state index in [1.54, 1.807) is 12.1 Å². The van der Waals surface area contributed by atoms with Crippen molar-refractivity contribution < 1.29 is 9.18 Å². The smallest absolute Gasteiger partial charge is 0.257 e. The lowest BCUT2D eigenvalue weighted by atomic mass is 10.1. The van der Waals surface area contributed by atoms with Gasteiger partial charge in [0.25, 0.3) is 5.91 Å². The Bertz CT molecular complexity index is 854. The van der Waals surface area contributed by atoms with Crippen molar-refractivity contribution >= 4 is 52.1 Å². The van der Waals surface area contributed by atoms with Crippen LogP contribution in [0.1, 0.15) is 17.3 Å². The number of piperazine rings is 1. The molecule has 8 heteroatoms. The van der Waals surface area contributed by atoms with Crippen molar-refractivity contribution in [1.82, 2.24) is 4.90 Å². The van der Waals surface area contributed by atoms with Crippen molar-refractivity contribution in [2.45, 2.75) is 6.92 Å². The van der Waals surface area contributed by atoms with Crippen molar-refractivity contribution in [3.05, 3.63) is 56.8 Å². The second-order valence-electron chi connectivity index (χ2n) is 6.28. The van der Waals surface area contributed by atoms with Crippen molar-refractivity contribution in [2.24, 2.45) is 0 Å². The lowest BCUT2D eigenvalue weighted by Crippen LogP contribution is -2.46. The first kappa shape index (κ1) is 20.2. The van der Waals surface area contributed by atoms with E-state index in [1.165, 1.54) is 6.07 Å². The molecule has 0 saturated carbocycles. The highest BCUT2D eigenvalue weighted by Gasteiger charge is 2.21. The average molecular weight is 431 g/mol. The molecule has 2 aromatic rings. The molecule has 1 heterocycles. The molecular formula is C19H19Cl3FN3O. The molecular weight excluding hydrogens is 412 g/mol. The van der Waals surface area contributed by atoms with Crippen molar-refractivity contribution in [1.29, 1.82) is 0 Å². The summed E-state index contributed by atoms with van der Waals surface area (Å²) in [5.41, 5.74) is 1.44. The average Bonchev–Trinajstić information content (AvgIpc) is 2.65. The van der Waals surface area contributed by atoms with Gasteiger partial charge in [-0.15, -0.1) is 0 Å². The Morgan fingerprint density at radius 3 is 2.44 bits per heavy atom. The van der Waals surface area contributed by atoms with Gasteiger partial charge in [-0.3, -0.25) is 4.79 Å². The van der Waals surface area contributed by atoms with Crippen LogP contribution < -0.4 is 10.2 Å². The van der Waals surface area contributed by atoms with E-state index >= 15 is 0 Å². The highest BCUT2D eigenvalue weighted by molar-refractivity contribution is 6.37. The Hall–Kier alpha value is -1.53. The van der Waals surface area contributed by atoms with E-state index in [4.69, 9.17) is 34.8 Å². The largest absolute Gasteiger partial charge is 0.367 e. The number of rotatable bonds is 4. The van der Waals surface area contributed by atoms with Crippen molar-refractivity contribution in [2.75, 3.05) is 42.9 Å². The number of carbonyl (C=O) groups excluding carboxylic acids is 1. The van der Waals surface area contributed by atoms with Crippen LogP contribution >= 0.6 is 34.8 Å². The zero-order chi connectivity index (χ0) is 19.6. The quantitative estimate of drug-likeness (QED) is 0.679. The molecule has 1 saturated heterocycles. The Labute approximate surface area is 172 Å². The van der Waals surface area contributed by atoms with Crippen LogP contribution in [-0.4, -0.2) is 43.5 Å². The molecule has 0 aliphatic carbocycles. The standard InChI is InChI=1S/C19H19Cl3FN3O/c1-2-25-5-7-26(8-6-25)18-4-3-12(20)9-17(18)24-19(27)13-10-16(23)15(22)11-14(13)21/h3-4,9-11H,2,5-8H2,1H3,(H,24,27). The van der Waals surface area contributed by atoms with E-state index in [0.29, 0.717) is 10.7 Å². The number of anilines is 2. The molecule has 0 unspecified atom stereocenters. The van der Waals surface area contributed by atoms with Gasteiger partial charge in [0, 0.05) is 31.2 Å². The van der Waals surface area contributed by atoms with Gasteiger partial charge in [0.15, 0.2) is 0 Å². The van der Waals surface area contributed by atoms with Crippen LogP contribution in [0.3, 0.4) is 0 Å². The van der Waals surface area contributed by atoms with Crippen LogP contribution in [0.15, 0.2) is 30.3 Å². The van der Waals surface area contributed by atoms with Gasteiger partial charge in [-0.05, 0) is 36.9 Å². The predicted molar refractivity (Wildman–Crippen MR) is 110 cm³/mol. The van der Waals surface area contributed by atoms with E-state index in [1.807, 2.05) is 6.07 Å². The molecule has 144 valence electrons. The zero-order valence-electron chi connectivity index (χ0n) is 14.7. The fourth-order valence-corrected chi connectivity index (χ4v) is 3.72. The number of halogens is 4. The number of hydrogen-bond donors (Lipinski definition) is 1. The maximum atomic E-state index is 13.8. The molecule has 0 spiro atoms. The molecule has 4 nitrogen and oxygen atoms in total. The van der Waals surface area contributed by atoms with Crippen molar-refractivity contribution in [3.8, 4) is 0 Å². The van der Waals surface area contributed by atoms with E-state index in [-0.39, 0.29) is 15.6 Å². The molecule has 0 aromatic heterocycles. The number of benzene rings is 2. The number of nitrogens with one attached hydrogen (secondary N) is 1. The highest BCUT2D eigenvalue weighted by Crippen LogP contribution is 2.32. The van der Waals surface area contributed by atoms with Gasteiger partial charge in [0.1, 0.15) is 5.82 Å². The predicted octanol–water partition coefficient (Wildman–Crippen LogP) is 5.18. The third-order valence-corrected chi connectivity index (χ3v) is 5.46. The topological polar surface area (TPSA) is 35.6 Å². The summed E-state index contributed by atoms with van der Waals surface area (Å²) in [7, 11) is 0. The first-order valence-corrected chi connectivity index (χ1v) is 9.75. The Morgan fingerprint density at radius 2 is 1.78 bits per heavy atom. The number of hydrogen-bond acceptors (Lipinski definition) is 3. The summed E-state index contributed by atoms with van der Waals surface area (Å²) in [5.74, 6) is -1.22.